The first-order chi connectivity index (χ1) is 16.9. The topological polar surface area (TPSA) is 95.6 Å². The summed E-state index contributed by atoms with van der Waals surface area (Å²) in [6, 6.07) is 15.3. The SMILES string of the molecule is CCC1CCC(=O)NC(=O)Cc2ccc(NC(=O)CN3C(=O)CCCC3c3ccccc3)cc2C1. The highest BCUT2D eigenvalue weighted by molar-refractivity contribution is 5.97. The molecule has 2 heterocycles. The Balaban J connectivity index is 1.49. The van der Waals surface area contributed by atoms with Gasteiger partial charge in [-0.15, -0.1) is 0 Å². The minimum absolute atomic E-state index is 0.00240. The lowest BCUT2D eigenvalue weighted by Crippen LogP contribution is -2.43. The Hall–Kier alpha value is -3.48. The van der Waals surface area contributed by atoms with Crippen LogP contribution >= 0.6 is 0 Å². The Morgan fingerprint density at radius 3 is 2.57 bits per heavy atom. The summed E-state index contributed by atoms with van der Waals surface area (Å²) in [5, 5.41) is 5.42. The number of likely N-dealkylation sites (tertiary alicyclic amines) is 1. The fourth-order valence-electron chi connectivity index (χ4n) is 5.09. The molecular formula is C28H33N3O4. The molecule has 0 aromatic heterocycles. The fourth-order valence-corrected chi connectivity index (χ4v) is 5.09. The van der Waals surface area contributed by atoms with Gasteiger partial charge in [0.25, 0.3) is 0 Å². The monoisotopic (exact) mass is 475 g/mol. The molecule has 0 saturated carbocycles. The molecule has 1 fully saturated rings. The number of imide groups is 1. The molecule has 0 spiro atoms. The van der Waals surface area contributed by atoms with E-state index in [9.17, 15) is 19.2 Å². The molecule has 184 valence electrons. The molecule has 35 heavy (non-hydrogen) atoms. The van der Waals surface area contributed by atoms with Gasteiger partial charge in [-0.2, -0.15) is 0 Å². The number of anilines is 1. The molecule has 1 saturated heterocycles. The van der Waals surface area contributed by atoms with Crippen LogP contribution in [0.5, 0.6) is 0 Å². The van der Waals surface area contributed by atoms with Crippen LogP contribution in [-0.4, -0.2) is 35.1 Å². The first-order valence-corrected chi connectivity index (χ1v) is 12.5. The maximum absolute atomic E-state index is 13.0. The van der Waals surface area contributed by atoms with Crippen molar-refractivity contribution in [3.05, 3.63) is 65.2 Å². The van der Waals surface area contributed by atoms with Crippen LogP contribution in [0.15, 0.2) is 48.5 Å². The third-order valence-electron chi connectivity index (χ3n) is 7.05. The largest absolute Gasteiger partial charge is 0.326 e. The van der Waals surface area contributed by atoms with Gasteiger partial charge in [0.15, 0.2) is 0 Å². The van der Waals surface area contributed by atoms with E-state index in [0.29, 0.717) is 30.9 Å². The van der Waals surface area contributed by atoms with Gasteiger partial charge in [-0.1, -0.05) is 49.7 Å². The molecule has 0 bridgehead atoms. The van der Waals surface area contributed by atoms with Crippen molar-refractivity contribution < 1.29 is 19.2 Å². The number of amides is 4. The molecule has 2 aromatic carbocycles. The van der Waals surface area contributed by atoms with Gasteiger partial charge in [-0.3, -0.25) is 24.5 Å². The number of piperidine rings is 1. The highest BCUT2D eigenvalue weighted by atomic mass is 16.2. The van der Waals surface area contributed by atoms with E-state index in [1.165, 1.54) is 0 Å². The number of fused-ring (bicyclic) bond motifs is 1. The predicted octanol–water partition coefficient (Wildman–Crippen LogP) is 3.93. The lowest BCUT2D eigenvalue weighted by atomic mass is 9.88. The molecule has 4 rings (SSSR count). The second kappa shape index (κ2) is 11.3. The quantitative estimate of drug-likeness (QED) is 0.641. The highest BCUT2D eigenvalue weighted by Crippen LogP contribution is 2.31. The van der Waals surface area contributed by atoms with Gasteiger partial charge in [0.1, 0.15) is 6.54 Å². The molecule has 2 aromatic rings. The fraction of sp³-hybridized carbons (Fsp3) is 0.429. The highest BCUT2D eigenvalue weighted by Gasteiger charge is 2.30. The number of nitrogens with zero attached hydrogens (tertiary/aromatic N) is 1. The van der Waals surface area contributed by atoms with Crippen molar-refractivity contribution in [2.24, 2.45) is 5.92 Å². The third kappa shape index (κ3) is 6.35. The molecule has 7 heteroatoms. The van der Waals surface area contributed by atoms with Crippen molar-refractivity contribution in [1.29, 1.82) is 0 Å². The lowest BCUT2D eigenvalue weighted by Gasteiger charge is -2.35. The molecule has 0 radical (unpaired) electrons. The van der Waals surface area contributed by atoms with Crippen molar-refractivity contribution in [2.75, 3.05) is 11.9 Å². The van der Waals surface area contributed by atoms with Crippen molar-refractivity contribution in [1.82, 2.24) is 10.2 Å². The zero-order valence-electron chi connectivity index (χ0n) is 20.2. The Morgan fingerprint density at radius 2 is 1.80 bits per heavy atom. The number of carbonyl (C=O) groups is 4. The van der Waals surface area contributed by atoms with Gasteiger partial charge in [0.2, 0.25) is 23.6 Å². The molecule has 7 nitrogen and oxygen atoms in total. The van der Waals surface area contributed by atoms with E-state index in [2.05, 4.69) is 17.6 Å². The summed E-state index contributed by atoms with van der Waals surface area (Å²) < 4.78 is 0. The predicted molar refractivity (Wildman–Crippen MR) is 133 cm³/mol. The summed E-state index contributed by atoms with van der Waals surface area (Å²) in [7, 11) is 0. The normalized spacial score (nSPS) is 21.2. The molecule has 4 amide bonds. The van der Waals surface area contributed by atoms with Gasteiger partial charge in [0.05, 0.1) is 12.5 Å². The number of carbonyl (C=O) groups excluding carboxylic acids is 4. The smallest absolute Gasteiger partial charge is 0.244 e. The van der Waals surface area contributed by atoms with E-state index in [0.717, 1.165) is 42.4 Å². The molecular weight excluding hydrogens is 442 g/mol. The van der Waals surface area contributed by atoms with Gasteiger partial charge >= 0.3 is 0 Å². The number of rotatable bonds is 5. The number of nitrogens with one attached hydrogen (secondary N) is 2. The van der Waals surface area contributed by atoms with Crippen molar-refractivity contribution in [3.63, 3.8) is 0 Å². The van der Waals surface area contributed by atoms with Crippen LogP contribution in [0.1, 0.15) is 68.2 Å². The van der Waals surface area contributed by atoms with E-state index in [1.54, 1.807) is 11.0 Å². The van der Waals surface area contributed by atoms with Crippen LogP contribution in [0.25, 0.3) is 0 Å². The number of hydrogen-bond acceptors (Lipinski definition) is 4. The molecule has 2 N–H and O–H groups in total. The second-order valence-corrected chi connectivity index (χ2v) is 9.54. The van der Waals surface area contributed by atoms with Crippen LogP contribution < -0.4 is 10.6 Å². The molecule has 2 unspecified atom stereocenters. The van der Waals surface area contributed by atoms with Gasteiger partial charge in [-0.05, 0) is 60.4 Å². The first kappa shape index (κ1) is 24.6. The number of hydrogen-bond donors (Lipinski definition) is 2. The van der Waals surface area contributed by atoms with Crippen molar-refractivity contribution in [3.8, 4) is 0 Å². The van der Waals surface area contributed by atoms with Crippen LogP contribution in [0.2, 0.25) is 0 Å². The summed E-state index contributed by atoms with van der Waals surface area (Å²) in [6.07, 6.45) is 4.97. The van der Waals surface area contributed by atoms with Gasteiger partial charge in [0, 0.05) is 18.5 Å². The minimum Gasteiger partial charge on any atom is -0.326 e. The van der Waals surface area contributed by atoms with Crippen LogP contribution in [0, 0.1) is 5.92 Å². The summed E-state index contributed by atoms with van der Waals surface area (Å²) in [6.45, 7) is 2.10. The average molecular weight is 476 g/mol. The van der Waals surface area contributed by atoms with Crippen LogP contribution in [-0.2, 0) is 32.0 Å². The van der Waals surface area contributed by atoms with Crippen LogP contribution in [0.4, 0.5) is 5.69 Å². The molecule has 2 atom stereocenters. The summed E-state index contributed by atoms with van der Waals surface area (Å²) in [4.78, 5) is 51.6. The summed E-state index contributed by atoms with van der Waals surface area (Å²) in [5.74, 6) is -0.454. The Morgan fingerprint density at radius 1 is 1.00 bits per heavy atom. The third-order valence-corrected chi connectivity index (χ3v) is 7.05. The maximum atomic E-state index is 13.0. The van der Waals surface area contributed by atoms with Crippen molar-refractivity contribution in [2.45, 2.75) is 64.3 Å². The Labute approximate surface area is 206 Å². The number of benzene rings is 2. The van der Waals surface area contributed by atoms with Crippen LogP contribution in [0.3, 0.4) is 0 Å². The molecule has 0 aliphatic carbocycles. The van der Waals surface area contributed by atoms with E-state index in [-0.39, 0.29) is 42.6 Å². The standard InChI is InChI=1S/C28H33N3O4/c1-2-19-11-14-25(32)30-26(33)17-21-12-13-23(16-22(21)15-19)29-27(34)18-31-24(9-6-10-28(31)35)20-7-4-3-5-8-20/h3-5,7-8,12-13,16,19,24H,2,6,9-11,14-15,17-18H2,1H3,(H,29,34)(H,30,32,33). The first-order valence-electron chi connectivity index (χ1n) is 12.5. The minimum atomic E-state index is -0.307. The lowest BCUT2D eigenvalue weighted by molar-refractivity contribution is -0.139. The Kier molecular flexibility index (Phi) is 7.95. The zero-order chi connectivity index (χ0) is 24.8. The molecule has 2 aliphatic heterocycles. The van der Waals surface area contributed by atoms with E-state index < -0.39 is 0 Å². The average Bonchev–Trinajstić information content (AvgIpc) is 2.84. The van der Waals surface area contributed by atoms with Gasteiger partial charge < -0.3 is 10.2 Å². The zero-order valence-corrected chi connectivity index (χ0v) is 20.2. The molecule has 2 aliphatic rings. The maximum Gasteiger partial charge on any atom is 0.244 e. The van der Waals surface area contributed by atoms with Gasteiger partial charge in [-0.25, -0.2) is 0 Å². The van der Waals surface area contributed by atoms with E-state index in [4.69, 9.17) is 0 Å². The Bertz CT molecular complexity index is 1100. The second-order valence-electron chi connectivity index (χ2n) is 9.54. The van der Waals surface area contributed by atoms with Crippen molar-refractivity contribution >= 4 is 29.3 Å². The van der Waals surface area contributed by atoms with E-state index in [1.807, 2.05) is 42.5 Å². The van der Waals surface area contributed by atoms with E-state index >= 15 is 0 Å². The summed E-state index contributed by atoms with van der Waals surface area (Å²) in [5.41, 5.74) is 3.57. The summed E-state index contributed by atoms with van der Waals surface area (Å²) >= 11 is 0.